The molecule has 0 radical (unpaired) electrons. The summed E-state index contributed by atoms with van der Waals surface area (Å²) in [7, 11) is 0. The molecule has 4 nitrogen and oxygen atoms in total. The number of piperidine rings is 1. The Morgan fingerprint density at radius 1 is 1.21 bits per heavy atom. The third kappa shape index (κ3) is 2.82. The molecule has 1 aromatic rings. The molecule has 19 heavy (non-hydrogen) atoms. The van der Waals surface area contributed by atoms with Crippen LogP contribution in [0.4, 0.5) is 0 Å². The van der Waals surface area contributed by atoms with Crippen molar-refractivity contribution in [2.75, 3.05) is 13.1 Å². The topological polar surface area (TPSA) is 61.2 Å². The zero-order valence-electron chi connectivity index (χ0n) is 10.9. The minimum atomic E-state index is -0.109. The number of likely N-dealkylation sites (tertiary alicyclic amines) is 1. The Bertz CT molecular complexity index is 537. The lowest BCUT2D eigenvalue weighted by Gasteiger charge is -2.29. The molecule has 0 aromatic heterocycles. The van der Waals surface area contributed by atoms with Crippen LogP contribution in [0.5, 0.6) is 0 Å². The Labute approximate surface area is 112 Å². The molecule has 1 saturated heterocycles. The molecule has 0 spiro atoms. The second-order valence-corrected chi connectivity index (χ2v) is 4.80. The molecule has 0 saturated carbocycles. The van der Waals surface area contributed by atoms with Crippen LogP contribution in [0.15, 0.2) is 24.3 Å². The molecule has 1 fully saturated rings. The monoisotopic (exact) mass is 256 g/mol. The van der Waals surface area contributed by atoms with Crippen molar-refractivity contribution in [2.24, 2.45) is 5.92 Å². The van der Waals surface area contributed by atoms with Crippen molar-refractivity contribution < 1.29 is 9.59 Å². The molecule has 1 heterocycles. The maximum atomic E-state index is 12.4. The van der Waals surface area contributed by atoms with Gasteiger partial charge in [-0.2, -0.15) is 5.26 Å². The Morgan fingerprint density at radius 3 is 2.32 bits per heavy atom. The number of nitriles is 1. The van der Waals surface area contributed by atoms with Gasteiger partial charge in [0.2, 0.25) is 0 Å². The number of nitrogens with zero attached hydrogens (tertiary/aromatic N) is 2. The van der Waals surface area contributed by atoms with Gasteiger partial charge >= 0.3 is 0 Å². The van der Waals surface area contributed by atoms with Crippen LogP contribution >= 0.6 is 0 Å². The largest absolute Gasteiger partial charge is 0.339 e. The number of rotatable bonds is 2. The Balaban J connectivity index is 2.17. The van der Waals surface area contributed by atoms with Gasteiger partial charge in [-0.1, -0.05) is 18.2 Å². The van der Waals surface area contributed by atoms with Gasteiger partial charge in [0.25, 0.3) is 5.91 Å². The first-order chi connectivity index (χ1) is 9.13. The van der Waals surface area contributed by atoms with Gasteiger partial charge in [-0.25, -0.2) is 0 Å². The molecule has 1 aliphatic rings. The molecule has 4 heteroatoms. The third-order valence-corrected chi connectivity index (χ3v) is 3.50. The zero-order chi connectivity index (χ0) is 13.8. The first kappa shape index (κ1) is 13.3. The van der Waals surface area contributed by atoms with Crippen LogP contribution in [0.25, 0.3) is 0 Å². The molecule has 0 bridgehead atoms. The second-order valence-electron chi connectivity index (χ2n) is 4.80. The number of Topliss-reactive ketones (excluding diaryl/α,β-unsaturated/α-hetero) is 1. The summed E-state index contributed by atoms with van der Waals surface area (Å²) in [6.07, 6.45) is 1.43. The Hall–Kier alpha value is -2.15. The van der Waals surface area contributed by atoms with Gasteiger partial charge in [-0.3, -0.25) is 9.59 Å². The van der Waals surface area contributed by atoms with Crippen molar-refractivity contribution in [1.29, 1.82) is 5.26 Å². The summed E-state index contributed by atoms with van der Waals surface area (Å²) in [5, 5.41) is 8.85. The third-order valence-electron chi connectivity index (χ3n) is 3.50. The van der Waals surface area contributed by atoms with Crippen LogP contribution < -0.4 is 0 Å². The van der Waals surface area contributed by atoms with Crippen LogP contribution in [0.3, 0.4) is 0 Å². The molecule has 0 atom stereocenters. The molecule has 0 N–H and O–H groups in total. The number of carbonyl (C=O) groups is 2. The van der Waals surface area contributed by atoms with E-state index in [0.29, 0.717) is 37.1 Å². The SMILES string of the molecule is CC(=O)c1ccccc1C(=O)N1CCC(C#N)CC1. The lowest BCUT2D eigenvalue weighted by Crippen LogP contribution is -2.38. The van der Waals surface area contributed by atoms with Crippen LogP contribution in [0, 0.1) is 17.2 Å². The van der Waals surface area contributed by atoms with E-state index < -0.39 is 0 Å². The predicted molar refractivity (Wildman–Crippen MR) is 70.7 cm³/mol. The molecule has 1 aromatic carbocycles. The van der Waals surface area contributed by atoms with Crippen molar-refractivity contribution in [1.82, 2.24) is 4.90 Å². The van der Waals surface area contributed by atoms with E-state index in [2.05, 4.69) is 6.07 Å². The summed E-state index contributed by atoms with van der Waals surface area (Å²) in [4.78, 5) is 25.7. The van der Waals surface area contributed by atoms with Crippen LogP contribution in [0.2, 0.25) is 0 Å². The number of amides is 1. The van der Waals surface area contributed by atoms with Gasteiger partial charge < -0.3 is 4.90 Å². The summed E-state index contributed by atoms with van der Waals surface area (Å²) in [5.41, 5.74) is 0.931. The highest BCUT2D eigenvalue weighted by Gasteiger charge is 2.25. The maximum Gasteiger partial charge on any atom is 0.254 e. The summed E-state index contributed by atoms with van der Waals surface area (Å²) < 4.78 is 0. The van der Waals surface area contributed by atoms with E-state index >= 15 is 0 Å². The molecule has 0 aliphatic carbocycles. The number of carbonyl (C=O) groups excluding carboxylic acids is 2. The standard InChI is InChI=1S/C15H16N2O2/c1-11(18)13-4-2-3-5-14(13)15(19)17-8-6-12(10-16)7-9-17/h2-5,12H,6-9H2,1H3. The molecule has 1 amide bonds. The van der Waals surface area contributed by atoms with E-state index in [9.17, 15) is 9.59 Å². The van der Waals surface area contributed by atoms with Crippen molar-refractivity contribution in [3.05, 3.63) is 35.4 Å². The minimum absolute atomic E-state index is 0.0482. The van der Waals surface area contributed by atoms with Gasteiger partial charge in [0.15, 0.2) is 5.78 Å². The molecule has 0 unspecified atom stereocenters. The summed E-state index contributed by atoms with van der Waals surface area (Å²) in [6.45, 7) is 2.64. The number of hydrogen-bond acceptors (Lipinski definition) is 3. The maximum absolute atomic E-state index is 12.4. The van der Waals surface area contributed by atoms with Gasteiger partial charge in [0.1, 0.15) is 0 Å². The van der Waals surface area contributed by atoms with Crippen molar-refractivity contribution >= 4 is 11.7 Å². The van der Waals surface area contributed by atoms with Gasteiger partial charge in [0, 0.05) is 24.6 Å². The second kappa shape index (κ2) is 5.66. The summed E-state index contributed by atoms with van der Waals surface area (Å²) in [6, 6.07) is 9.13. The van der Waals surface area contributed by atoms with E-state index in [0.717, 1.165) is 0 Å². The van der Waals surface area contributed by atoms with Crippen LogP contribution in [-0.2, 0) is 0 Å². The minimum Gasteiger partial charge on any atom is -0.339 e. The lowest BCUT2D eigenvalue weighted by molar-refractivity contribution is 0.0703. The molecule has 2 rings (SSSR count). The highest BCUT2D eigenvalue weighted by atomic mass is 16.2. The van der Waals surface area contributed by atoms with Gasteiger partial charge in [-0.15, -0.1) is 0 Å². The molecule has 1 aliphatic heterocycles. The number of ketones is 1. The fraction of sp³-hybridized carbons (Fsp3) is 0.400. The van der Waals surface area contributed by atoms with Crippen LogP contribution in [0.1, 0.15) is 40.5 Å². The fourth-order valence-corrected chi connectivity index (χ4v) is 2.36. The van der Waals surface area contributed by atoms with Gasteiger partial charge in [0.05, 0.1) is 11.6 Å². The zero-order valence-corrected chi connectivity index (χ0v) is 10.9. The average Bonchev–Trinajstić information content (AvgIpc) is 2.46. The lowest BCUT2D eigenvalue weighted by atomic mass is 9.97. The van der Waals surface area contributed by atoms with Crippen molar-refractivity contribution in [3.63, 3.8) is 0 Å². The first-order valence-corrected chi connectivity index (χ1v) is 6.42. The summed E-state index contributed by atoms with van der Waals surface area (Å²) in [5.74, 6) is -0.162. The van der Waals surface area contributed by atoms with Crippen molar-refractivity contribution in [2.45, 2.75) is 19.8 Å². The van der Waals surface area contributed by atoms with E-state index in [4.69, 9.17) is 5.26 Å². The quantitative estimate of drug-likeness (QED) is 0.762. The number of hydrogen-bond donors (Lipinski definition) is 0. The normalized spacial score (nSPS) is 15.9. The molecular weight excluding hydrogens is 240 g/mol. The van der Waals surface area contributed by atoms with Gasteiger partial charge in [-0.05, 0) is 25.8 Å². The molecule has 98 valence electrons. The van der Waals surface area contributed by atoms with Crippen molar-refractivity contribution in [3.8, 4) is 6.07 Å². The highest BCUT2D eigenvalue weighted by molar-refractivity contribution is 6.07. The van der Waals surface area contributed by atoms with E-state index in [1.807, 2.05) is 0 Å². The Kier molecular flexibility index (Phi) is 3.96. The summed E-state index contributed by atoms with van der Waals surface area (Å²) >= 11 is 0. The van der Waals surface area contributed by atoms with E-state index in [1.54, 1.807) is 29.2 Å². The Morgan fingerprint density at radius 2 is 1.79 bits per heavy atom. The highest BCUT2D eigenvalue weighted by Crippen LogP contribution is 2.20. The molecular formula is C15H16N2O2. The predicted octanol–water partition coefficient (Wildman–Crippen LogP) is 2.26. The van der Waals surface area contributed by atoms with E-state index in [-0.39, 0.29) is 17.6 Å². The first-order valence-electron chi connectivity index (χ1n) is 6.42. The fourth-order valence-electron chi connectivity index (χ4n) is 2.36. The smallest absolute Gasteiger partial charge is 0.254 e. The average molecular weight is 256 g/mol. The van der Waals surface area contributed by atoms with Crippen LogP contribution in [-0.4, -0.2) is 29.7 Å². The number of benzene rings is 1. The van der Waals surface area contributed by atoms with E-state index in [1.165, 1.54) is 6.92 Å².